The Hall–Kier alpha value is -4.22. The first-order valence-electron chi connectivity index (χ1n) is 15.7. The van der Waals surface area contributed by atoms with Gasteiger partial charge in [0, 0.05) is 28.1 Å². The number of nitrogens with zero attached hydrogens (tertiary/aromatic N) is 4. The van der Waals surface area contributed by atoms with Crippen LogP contribution in [-0.2, 0) is 24.4 Å². The number of halogens is 1. The van der Waals surface area contributed by atoms with Crippen LogP contribution in [0.2, 0.25) is 5.02 Å². The minimum Gasteiger partial charge on any atom is -0.494 e. The molecule has 15 nitrogen and oxygen atoms in total. The lowest BCUT2D eigenvalue weighted by molar-refractivity contribution is -0.140. The Labute approximate surface area is 299 Å². The summed E-state index contributed by atoms with van der Waals surface area (Å²) >= 11 is 7.22. The van der Waals surface area contributed by atoms with Gasteiger partial charge < -0.3 is 29.7 Å². The lowest BCUT2D eigenvalue weighted by atomic mass is 10.1. The first kappa shape index (κ1) is 37.0. The molecule has 2 saturated carbocycles. The van der Waals surface area contributed by atoms with E-state index in [1.807, 2.05) is 0 Å². The summed E-state index contributed by atoms with van der Waals surface area (Å²) in [4.78, 5) is 47.3. The number of carbonyl (C=O) groups is 3. The molecule has 3 amide bonds. The number of sulfonamides is 1. The molecule has 5 atom stereocenters. The van der Waals surface area contributed by atoms with Crippen molar-refractivity contribution in [3.63, 3.8) is 0 Å². The van der Waals surface area contributed by atoms with Crippen LogP contribution in [0.3, 0.4) is 0 Å². The molecule has 270 valence electrons. The van der Waals surface area contributed by atoms with Crippen LogP contribution in [0.15, 0.2) is 37.1 Å². The number of hydrogen-bond donors (Lipinski definition) is 3. The third kappa shape index (κ3) is 7.30. The van der Waals surface area contributed by atoms with Crippen LogP contribution in [0.25, 0.3) is 10.8 Å². The maximum atomic E-state index is 14.1. The second kappa shape index (κ2) is 14.6. The molecule has 6 rings (SSSR count). The van der Waals surface area contributed by atoms with Crippen molar-refractivity contribution in [2.75, 3.05) is 25.6 Å². The molecule has 1 saturated heterocycles. The second-order valence-electron chi connectivity index (χ2n) is 12.2. The van der Waals surface area contributed by atoms with Crippen LogP contribution in [0.1, 0.15) is 47.0 Å². The predicted octanol–water partition coefficient (Wildman–Crippen LogP) is 3.30. The van der Waals surface area contributed by atoms with Gasteiger partial charge in [0.1, 0.15) is 29.5 Å². The largest absolute Gasteiger partial charge is 0.494 e. The molecule has 1 aliphatic heterocycles. The lowest BCUT2D eigenvalue weighted by Crippen LogP contribution is -2.57. The normalized spacial score (nSPS) is 23.3. The summed E-state index contributed by atoms with van der Waals surface area (Å²) in [6, 6.07) is 3.22. The van der Waals surface area contributed by atoms with E-state index < -0.39 is 62.6 Å². The molecule has 2 aliphatic carbocycles. The summed E-state index contributed by atoms with van der Waals surface area (Å²) in [5, 5.41) is 6.89. The maximum absolute atomic E-state index is 14.1. The molecule has 1 unspecified atom stereocenters. The Balaban J connectivity index is 0.00000486. The van der Waals surface area contributed by atoms with Gasteiger partial charge in [-0.1, -0.05) is 25.1 Å². The molecule has 18 heteroatoms. The van der Waals surface area contributed by atoms with Gasteiger partial charge in [-0.2, -0.15) is 4.37 Å². The van der Waals surface area contributed by atoms with Crippen molar-refractivity contribution in [2.24, 2.45) is 5.92 Å². The standard InChI is InChI=1S/C31H36ClN7O8S2.CH4/c1-5-17-13-31(17,30(42)38-49(43,44)20-8-9-20)35-26(40)23-12-19(47-27-22-11-18(32)7-10-21(22)24(45-4)14-33-27)15-39(23)29(41)16(3)34-25-28(46-6-2)37-48-36-25;/h5,7,10-11,14,16-17,19-20,23H,1,6,8-9,12-13,15H2,2-4H3,(H,34,36)(H,35,40)(H,38,42);1H4/t16?,17-,19-,23+,31-;/m1./s1. The van der Waals surface area contributed by atoms with E-state index in [1.165, 1.54) is 24.3 Å². The van der Waals surface area contributed by atoms with Crippen LogP contribution in [0, 0.1) is 5.92 Å². The molecule has 0 radical (unpaired) electrons. The highest BCUT2D eigenvalue weighted by Crippen LogP contribution is 2.45. The van der Waals surface area contributed by atoms with Crippen LogP contribution in [0.5, 0.6) is 17.5 Å². The van der Waals surface area contributed by atoms with Gasteiger partial charge in [-0.25, -0.2) is 13.4 Å². The first-order chi connectivity index (χ1) is 23.4. The number of pyridine rings is 1. The number of benzene rings is 1. The Bertz CT molecular complexity index is 1910. The summed E-state index contributed by atoms with van der Waals surface area (Å²) in [7, 11) is -2.35. The summed E-state index contributed by atoms with van der Waals surface area (Å²) in [5.74, 6) is -1.16. The molecule has 50 heavy (non-hydrogen) atoms. The third-order valence-electron chi connectivity index (χ3n) is 8.84. The van der Waals surface area contributed by atoms with E-state index >= 15 is 0 Å². The Kier molecular flexibility index (Phi) is 10.8. The van der Waals surface area contributed by atoms with Gasteiger partial charge >= 0.3 is 0 Å². The minimum absolute atomic E-state index is 0. The Morgan fingerprint density at radius 3 is 2.64 bits per heavy atom. The Morgan fingerprint density at radius 1 is 1.22 bits per heavy atom. The van der Waals surface area contributed by atoms with E-state index in [0.29, 0.717) is 41.0 Å². The molecular weight excluding hydrogens is 710 g/mol. The van der Waals surface area contributed by atoms with Crippen LogP contribution in [-0.4, -0.2) is 94.0 Å². The smallest absolute Gasteiger partial charge is 0.270 e. The fourth-order valence-corrected chi connectivity index (χ4v) is 7.99. The lowest BCUT2D eigenvalue weighted by Gasteiger charge is -2.28. The van der Waals surface area contributed by atoms with Gasteiger partial charge in [-0.05, 0) is 51.3 Å². The molecule has 2 aromatic heterocycles. The van der Waals surface area contributed by atoms with Gasteiger partial charge in [-0.3, -0.25) is 19.1 Å². The maximum Gasteiger partial charge on any atom is 0.270 e. The fraction of sp³-hybridized carbons (Fsp3) is 0.500. The van der Waals surface area contributed by atoms with Crippen LogP contribution in [0.4, 0.5) is 5.82 Å². The van der Waals surface area contributed by atoms with Crippen molar-refractivity contribution in [1.82, 2.24) is 28.7 Å². The van der Waals surface area contributed by atoms with Gasteiger partial charge in [0.2, 0.25) is 33.5 Å². The number of rotatable bonds is 14. The number of amides is 3. The molecule has 3 aliphatic rings. The van der Waals surface area contributed by atoms with Crippen molar-refractivity contribution in [3.8, 4) is 17.5 Å². The molecule has 3 heterocycles. The zero-order valence-electron chi connectivity index (χ0n) is 27.0. The van der Waals surface area contributed by atoms with E-state index in [9.17, 15) is 22.8 Å². The van der Waals surface area contributed by atoms with Crippen molar-refractivity contribution < 1.29 is 37.0 Å². The highest BCUT2D eigenvalue weighted by Gasteiger charge is 2.62. The van der Waals surface area contributed by atoms with Crippen LogP contribution < -0.4 is 29.6 Å². The summed E-state index contributed by atoms with van der Waals surface area (Å²) in [5.41, 5.74) is -1.53. The third-order valence-corrected chi connectivity index (χ3v) is 11.4. The van der Waals surface area contributed by atoms with Gasteiger partial charge in [-0.15, -0.1) is 11.0 Å². The second-order valence-corrected chi connectivity index (χ2v) is 15.1. The number of aromatic nitrogens is 3. The average molecular weight is 750 g/mol. The van der Waals surface area contributed by atoms with Crippen molar-refractivity contribution >= 4 is 67.7 Å². The number of nitrogens with one attached hydrogen (secondary N) is 3. The van der Waals surface area contributed by atoms with E-state index in [2.05, 4.69) is 35.7 Å². The molecule has 3 fully saturated rings. The average Bonchev–Trinajstić information content (AvgIpc) is 3.97. The van der Waals surface area contributed by atoms with Gasteiger partial charge in [0.05, 0.1) is 43.4 Å². The van der Waals surface area contributed by atoms with Gasteiger partial charge in [0.25, 0.3) is 11.8 Å². The molecule has 3 N–H and O–H groups in total. The summed E-state index contributed by atoms with van der Waals surface area (Å²) in [6.45, 7) is 7.51. The number of ether oxygens (including phenoxy) is 3. The predicted molar refractivity (Wildman–Crippen MR) is 188 cm³/mol. The van der Waals surface area contributed by atoms with E-state index in [1.54, 1.807) is 32.0 Å². The number of methoxy groups -OCH3 is 1. The molecule has 0 spiro atoms. The summed E-state index contributed by atoms with van der Waals surface area (Å²) < 4.78 is 52.9. The minimum atomic E-state index is -3.88. The fourth-order valence-electron chi connectivity index (χ4n) is 5.99. The number of carbonyl (C=O) groups excluding carboxylic acids is 3. The number of fused-ring (bicyclic) bond motifs is 1. The monoisotopic (exact) mass is 749 g/mol. The first-order valence-corrected chi connectivity index (χ1v) is 18.4. The number of hydrogen-bond acceptors (Lipinski definition) is 13. The highest BCUT2D eigenvalue weighted by molar-refractivity contribution is 7.91. The summed E-state index contributed by atoms with van der Waals surface area (Å²) in [6.07, 6.45) is 3.44. The molecule has 0 bridgehead atoms. The molecule has 1 aromatic carbocycles. The number of likely N-dealkylation sites (tertiary alicyclic amines) is 1. The zero-order chi connectivity index (χ0) is 35.1. The number of anilines is 1. The van der Waals surface area contributed by atoms with E-state index in [0.717, 1.165) is 11.7 Å². The van der Waals surface area contributed by atoms with E-state index in [-0.39, 0.29) is 44.4 Å². The Morgan fingerprint density at radius 2 is 1.98 bits per heavy atom. The zero-order valence-corrected chi connectivity index (χ0v) is 29.4. The topological polar surface area (TPSA) is 191 Å². The highest BCUT2D eigenvalue weighted by atomic mass is 35.5. The quantitative estimate of drug-likeness (QED) is 0.204. The molecule has 3 aromatic rings. The van der Waals surface area contributed by atoms with Crippen LogP contribution >= 0.6 is 23.3 Å². The van der Waals surface area contributed by atoms with Gasteiger partial charge in [0.15, 0.2) is 0 Å². The molecular formula is C32H40ClN7O8S2. The van der Waals surface area contributed by atoms with Crippen molar-refractivity contribution in [1.29, 1.82) is 0 Å². The van der Waals surface area contributed by atoms with Crippen molar-refractivity contribution in [3.05, 3.63) is 42.1 Å². The van der Waals surface area contributed by atoms with E-state index in [4.69, 9.17) is 25.8 Å². The SMILES string of the molecule is C.C=C[C@@H]1C[C@]1(NC(=O)[C@@H]1C[C@@H](Oc2ncc(OC)c3ccc(Cl)cc23)CN1C(=O)C(C)Nc1nsnc1OCC)C(=O)NS(=O)(=O)C1CC1. The van der Waals surface area contributed by atoms with Crippen molar-refractivity contribution in [2.45, 2.75) is 75.9 Å².